The number of halogens is 4. The molecule has 0 aromatic heterocycles. The molecule has 0 fully saturated rings. The summed E-state index contributed by atoms with van der Waals surface area (Å²) in [4.78, 5) is 0. The van der Waals surface area contributed by atoms with Crippen LogP contribution in [0.25, 0.3) is 0 Å². The zero-order chi connectivity index (χ0) is 15.6. The molecule has 1 nitrogen and oxygen atoms in total. The van der Waals surface area contributed by atoms with Crippen LogP contribution in [-0.4, -0.2) is 5.11 Å². The molecule has 0 saturated carbocycles. The minimum Gasteiger partial charge on any atom is -0.384 e. The van der Waals surface area contributed by atoms with Gasteiger partial charge in [0.1, 0.15) is 11.9 Å². The number of alkyl halides is 3. The van der Waals surface area contributed by atoms with E-state index in [2.05, 4.69) is 0 Å². The first-order valence-corrected chi connectivity index (χ1v) is 6.46. The number of rotatable bonds is 3. The zero-order valence-corrected chi connectivity index (χ0v) is 11.3. The normalized spacial score (nSPS) is 13.2. The molecule has 0 aliphatic heterocycles. The molecule has 0 aliphatic carbocycles. The van der Waals surface area contributed by atoms with E-state index in [9.17, 15) is 22.7 Å². The van der Waals surface area contributed by atoms with E-state index in [0.29, 0.717) is 11.6 Å². The Labute approximate surface area is 119 Å². The second-order valence-electron chi connectivity index (χ2n) is 4.73. The highest BCUT2D eigenvalue weighted by Crippen LogP contribution is 2.36. The standard InChI is InChI=1S/C16H14F4O/c1-2-10-3-5-11(6-4-10)15(21)13-9-12(17)7-8-14(13)16(18,19)20/h3-9,15,21H,2H2,1H3. The second-order valence-corrected chi connectivity index (χ2v) is 4.73. The maximum Gasteiger partial charge on any atom is 0.416 e. The number of benzene rings is 2. The van der Waals surface area contributed by atoms with Crippen molar-refractivity contribution in [3.63, 3.8) is 0 Å². The molecule has 2 aromatic carbocycles. The molecule has 0 radical (unpaired) electrons. The summed E-state index contributed by atoms with van der Waals surface area (Å²) in [5.74, 6) is -0.817. The fourth-order valence-electron chi connectivity index (χ4n) is 2.13. The van der Waals surface area contributed by atoms with Crippen molar-refractivity contribution in [1.29, 1.82) is 0 Å². The largest absolute Gasteiger partial charge is 0.416 e. The average Bonchev–Trinajstić information content (AvgIpc) is 2.45. The molecule has 2 aromatic rings. The van der Waals surface area contributed by atoms with Crippen molar-refractivity contribution in [1.82, 2.24) is 0 Å². The molecule has 0 heterocycles. The minimum atomic E-state index is -4.65. The van der Waals surface area contributed by atoms with Crippen LogP contribution in [0, 0.1) is 5.82 Å². The van der Waals surface area contributed by atoms with E-state index >= 15 is 0 Å². The molecule has 1 atom stereocenters. The molecule has 0 amide bonds. The van der Waals surface area contributed by atoms with Gasteiger partial charge in [-0.15, -0.1) is 0 Å². The summed E-state index contributed by atoms with van der Waals surface area (Å²) >= 11 is 0. The Hall–Kier alpha value is -1.88. The molecular formula is C16H14F4O. The summed E-state index contributed by atoms with van der Waals surface area (Å²) < 4.78 is 52.1. The lowest BCUT2D eigenvalue weighted by Gasteiger charge is -2.18. The van der Waals surface area contributed by atoms with Crippen molar-refractivity contribution in [3.05, 3.63) is 70.5 Å². The molecule has 1 unspecified atom stereocenters. The quantitative estimate of drug-likeness (QED) is 0.828. The molecule has 0 aliphatic rings. The van der Waals surface area contributed by atoms with E-state index in [-0.39, 0.29) is 0 Å². The van der Waals surface area contributed by atoms with Gasteiger partial charge < -0.3 is 5.11 Å². The highest BCUT2D eigenvalue weighted by atomic mass is 19.4. The van der Waals surface area contributed by atoms with Gasteiger partial charge in [0.25, 0.3) is 0 Å². The van der Waals surface area contributed by atoms with Crippen LogP contribution >= 0.6 is 0 Å². The van der Waals surface area contributed by atoms with Crippen molar-refractivity contribution in [3.8, 4) is 0 Å². The topological polar surface area (TPSA) is 20.2 Å². The third-order valence-corrected chi connectivity index (χ3v) is 3.32. The fourth-order valence-corrected chi connectivity index (χ4v) is 2.13. The highest BCUT2D eigenvalue weighted by Gasteiger charge is 2.35. The predicted molar refractivity (Wildman–Crippen MR) is 71.3 cm³/mol. The van der Waals surface area contributed by atoms with Crippen LogP contribution in [0.3, 0.4) is 0 Å². The van der Waals surface area contributed by atoms with Crippen LogP contribution in [0.2, 0.25) is 0 Å². The Morgan fingerprint density at radius 1 is 1.05 bits per heavy atom. The average molecular weight is 298 g/mol. The first-order chi connectivity index (χ1) is 9.82. The SMILES string of the molecule is CCc1ccc(C(O)c2cc(F)ccc2C(F)(F)F)cc1. The van der Waals surface area contributed by atoms with Gasteiger partial charge in [0.15, 0.2) is 0 Å². The fraction of sp³-hybridized carbons (Fsp3) is 0.250. The predicted octanol–water partition coefficient (Wildman–Crippen LogP) is 4.49. The number of aryl methyl sites for hydroxylation is 1. The Bertz CT molecular complexity index is 617. The lowest BCUT2D eigenvalue weighted by molar-refractivity contribution is -0.139. The first kappa shape index (κ1) is 15.5. The van der Waals surface area contributed by atoms with Crippen LogP contribution in [0.15, 0.2) is 42.5 Å². The highest BCUT2D eigenvalue weighted by molar-refractivity contribution is 5.38. The number of aliphatic hydroxyl groups excluding tert-OH is 1. The Morgan fingerprint density at radius 3 is 2.19 bits per heavy atom. The number of hydrogen-bond acceptors (Lipinski definition) is 1. The van der Waals surface area contributed by atoms with Gasteiger partial charge in [0, 0.05) is 5.56 Å². The van der Waals surface area contributed by atoms with Gasteiger partial charge in [-0.2, -0.15) is 13.2 Å². The molecule has 112 valence electrons. The smallest absolute Gasteiger partial charge is 0.384 e. The lowest BCUT2D eigenvalue weighted by Crippen LogP contribution is -2.13. The third kappa shape index (κ3) is 3.42. The lowest BCUT2D eigenvalue weighted by atomic mass is 9.95. The summed E-state index contributed by atoms with van der Waals surface area (Å²) in [7, 11) is 0. The zero-order valence-electron chi connectivity index (χ0n) is 11.3. The monoisotopic (exact) mass is 298 g/mol. The molecule has 0 bridgehead atoms. The van der Waals surface area contributed by atoms with Crippen molar-refractivity contribution < 1.29 is 22.7 Å². The van der Waals surface area contributed by atoms with Gasteiger partial charge in [0.05, 0.1) is 5.56 Å². The Balaban J connectivity index is 2.46. The van der Waals surface area contributed by atoms with E-state index in [1.54, 1.807) is 24.3 Å². The minimum absolute atomic E-state index is 0.295. The summed E-state index contributed by atoms with van der Waals surface area (Å²) in [6.45, 7) is 1.94. The van der Waals surface area contributed by atoms with Crippen LogP contribution in [0.4, 0.5) is 17.6 Å². The van der Waals surface area contributed by atoms with Gasteiger partial charge in [-0.1, -0.05) is 31.2 Å². The number of hydrogen-bond donors (Lipinski definition) is 1. The van der Waals surface area contributed by atoms with Crippen molar-refractivity contribution >= 4 is 0 Å². The molecule has 0 saturated heterocycles. The van der Waals surface area contributed by atoms with Gasteiger partial charge in [-0.3, -0.25) is 0 Å². The number of aliphatic hydroxyl groups is 1. The summed E-state index contributed by atoms with van der Waals surface area (Å²) in [5, 5.41) is 10.2. The maximum atomic E-state index is 13.3. The van der Waals surface area contributed by atoms with E-state index in [0.717, 1.165) is 24.1 Å². The van der Waals surface area contributed by atoms with Crippen molar-refractivity contribution in [2.75, 3.05) is 0 Å². The Morgan fingerprint density at radius 2 is 1.67 bits per heavy atom. The van der Waals surface area contributed by atoms with E-state index in [1.807, 2.05) is 6.92 Å². The van der Waals surface area contributed by atoms with Crippen molar-refractivity contribution in [2.24, 2.45) is 0 Å². The van der Waals surface area contributed by atoms with E-state index < -0.39 is 29.2 Å². The molecule has 0 spiro atoms. The van der Waals surface area contributed by atoms with Crippen LogP contribution < -0.4 is 0 Å². The maximum absolute atomic E-state index is 13.3. The summed E-state index contributed by atoms with van der Waals surface area (Å²) in [6, 6.07) is 8.66. The Kier molecular flexibility index (Phi) is 4.32. The van der Waals surface area contributed by atoms with Gasteiger partial charge in [-0.25, -0.2) is 4.39 Å². The third-order valence-electron chi connectivity index (χ3n) is 3.32. The van der Waals surface area contributed by atoms with Crippen molar-refractivity contribution in [2.45, 2.75) is 25.6 Å². The summed E-state index contributed by atoms with van der Waals surface area (Å²) in [5.41, 5.74) is -0.216. The summed E-state index contributed by atoms with van der Waals surface area (Å²) in [6.07, 6.45) is -5.39. The van der Waals surface area contributed by atoms with Crippen LogP contribution in [0.1, 0.15) is 35.3 Å². The van der Waals surface area contributed by atoms with E-state index in [1.165, 1.54) is 0 Å². The first-order valence-electron chi connectivity index (χ1n) is 6.46. The van der Waals surface area contributed by atoms with E-state index in [4.69, 9.17) is 0 Å². The molecule has 2 rings (SSSR count). The van der Waals surface area contributed by atoms with Gasteiger partial charge >= 0.3 is 6.18 Å². The molecule has 5 heteroatoms. The van der Waals surface area contributed by atoms with Crippen LogP contribution in [0.5, 0.6) is 0 Å². The molecular weight excluding hydrogens is 284 g/mol. The molecule has 21 heavy (non-hydrogen) atoms. The second kappa shape index (κ2) is 5.85. The van der Waals surface area contributed by atoms with Gasteiger partial charge in [0.2, 0.25) is 0 Å². The van der Waals surface area contributed by atoms with Gasteiger partial charge in [-0.05, 0) is 35.7 Å². The van der Waals surface area contributed by atoms with Crippen LogP contribution in [-0.2, 0) is 12.6 Å². The molecule has 1 N–H and O–H groups in total.